The van der Waals surface area contributed by atoms with Gasteiger partial charge in [-0.3, -0.25) is 0 Å². The summed E-state index contributed by atoms with van der Waals surface area (Å²) in [5, 5.41) is 10.3. The van der Waals surface area contributed by atoms with E-state index in [0.29, 0.717) is 12.4 Å². The van der Waals surface area contributed by atoms with Crippen LogP contribution in [-0.4, -0.2) is 39.6 Å². The van der Waals surface area contributed by atoms with Crippen molar-refractivity contribution in [2.24, 2.45) is 0 Å². The second kappa shape index (κ2) is 6.06. The van der Waals surface area contributed by atoms with Crippen molar-refractivity contribution in [1.82, 2.24) is 9.97 Å². The van der Waals surface area contributed by atoms with Crippen LogP contribution >= 0.6 is 11.8 Å². The molecular formula is C9H16N2O2S. The lowest BCUT2D eigenvalue weighted by Crippen LogP contribution is -2.20. The van der Waals surface area contributed by atoms with Gasteiger partial charge in [0.2, 0.25) is 0 Å². The molecule has 2 N–H and O–H groups in total. The topological polar surface area (TPSA) is 58.1 Å². The molecule has 5 heteroatoms. The van der Waals surface area contributed by atoms with Crippen molar-refractivity contribution in [3.63, 3.8) is 0 Å². The number of ether oxygens (including phenoxy) is 1. The van der Waals surface area contributed by atoms with Crippen LogP contribution < -0.4 is 0 Å². The first kappa shape index (κ1) is 11.6. The second-order valence-corrected chi connectivity index (χ2v) is 4.25. The normalized spacial score (nSPS) is 13.4. The summed E-state index contributed by atoms with van der Waals surface area (Å²) < 4.78 is 5.28. The maximum absolute atomic E-state index is 9.51. The van der Waals surface area contributed by atoms with E-state index < -0.39 is 6.10 Å². The van der Waals surface area contributed by atoms with E-state index in [2.05, 4.69) is 9.97 Å². The number of aromatic amines is 1. The number of H-pyrrole nitrogens is 1. The summed E-state index contributed by atoms with van der Waals surface area (Å²) in [4.78, 5) is 7.00. The number of nitrogens with one attached hydrogen (secondary N) is 1. The molecule has 0 aliphatic rings. The first-order valence-electron chi connectivity index (χ1n) is 4.60. The fraction of sp³-hybridized carbons (Fsp3) is 0.667. The Kier molecular flexibility index (Phi) is 5.00. The highest BCUT2D eigenvalue weighted by Gasteiger charge is 2.07. The molecule has 0 saturated carbocycles. The lowest BCUT2D eigenvalue weighted by atomic mass is 10.4. The van der Waals surface area contributed by atoms with Gasteiger partial charge in [-0.15, -0.1) is 0 Å². The van der Waals surface area contributed by atoms with E-state index in [1.165, 1.54) is 11.8 Å². The van der Waals surface area contributed by atoms with E-state index >= 15 is 0 Å². The monoisotopic (exact) mass is 216 g/mol. The van der Waals surface area contributed by atoms with Gasteiger partial charge in [-0.05, 0) is 13.8 Å². The third-order valence-electron chi connectivity index (χ3n) is 1.51. The maximum Gasteiger partial charge on any atom is 0.165 e. The van der Waals surface area contributed by atoms with Gasteiger partial charge in [-0.25, -0.2) is 4.98 Å². The minimum absolute atomic E-state index is 0.165. The Labute approximate surface area is 88.1 Å². The minimum atomic E-state index is -0.438. The number of aromatic nitrogens is 2. The SMILES string of the molecule is CC(C)OCC(O)CSc1ncc[nH]1. The Bertz CT molecular complexity index is 239. The van der Waals surface area contributed by atoms with E-state index in [1.54, 1.807) is 12.4 Å². The Morgan fingerprint density at radius 3 is 3.00 bits per heavy atom. The number of nitrogens with zero attached hydrogens (tertiary/aromatic N) is 1. The van der Waals surface area contributed by atoms with Gasteiger partial charge >= 0.3 is 0 Å². The maximum atomic E-state index is 9.51. The van der Waals surface area contributed by atoms with Crippen molar-refractivity contribution in [3.8, 4) is 0 Å². The molecule has 0 amide bonds. The summed E-state index contributed by atoms with van der Waals surface area (Å²) in [7, 11) is 0. The molecule has 0 aromatic carbocycles. The van der Waals surface area contributed by atoms with Gasteiger partial charge < -0.3 is 14.8 Å². The second-order valence-electron chi connectivity index (χ2n) is 3.24. The third kappa shape index (κ3) is 4.64. The average molecular weight is 216 g/mol. The van der Waals surface area contributed by atoms with E-state index in [1.807, 2.05) is 13.8 Å². The van der Waals surface area contributed by atoms with Crippen molar-refractivity contribution in [2.75, 3.05) is 12.4 Å². The molecule has 0 aliphatic carbocycles. The quantitative estimate of drug-likeness (QED) is 0.703. The van der Waals surface area contributed by atoms with Gasteiger partial charge in [0.25, 0.3) is 0 Å². The number of rotatable bonds is 6. The van der Waals surface area contributed by atoms with Crippen LogP contribution in [0.2, 0.25) is 0 Å². The van der Waals surface area contributed by atoms with Gasteiger partial charge in [0.15, 0.2) is 5.16 Å². The Balaban J connectivity index is 2.12. The van der Waals surface area contributed by atoms with E-state index in [0.717, 1.165) is 5.16 Å². The van der Waals surface area contributed by atoms with Crippen LogP contribution in [0.4, 0.5) is 0 Å². The number of imidazole rings is 1. The Hall–Kier alpha value is -0.520. The highest BCUT2D eigenvalue weighted by molar-refractivity contribution is 7.99. The molecule has 0 saturated heterocycles. The van der Waals surface area contributed by atoms with E-state index in [9.17, 15) is 5.11 Å². The van der Waals surface area contributed by atoms with Gasteiger partial charge in [0, 0.05) is 18.1 Å². The molecule has 14 heavy (non-hydrogen) atoms. The molecule has 1 unspecified atom stereocenters. The molecule has 0 radical (unpaired) electrons. The molecule has 1 heterocycles. The number of thioether (sulfide) groups is 1. The standard InChI is InChI=1S/C9H16N2O2S/c1-7(2)13-5-8(12)6-14-9-10-3-4-11-9/h3-4,7-8,12H,5-6H2,1-2H3,(H,10,11). The molecule has 1 atom stereocenters. The lowest BCUT2D eigenvalue weighted by Gasteiger charge is -2.12. The summed E-state index contributed by atoms with van der Waals surface area (Å²) in [6.07, 6.45) is 3.18. The highest BCUT2D eigenvalue weighted by atomic mass is 32.2. The van der Waals surface area contributed by atoms with Crippen molar-refractivity contribution in [2.45, 2.75) is 31.2 Å². The lowest BCUT2D eigenvalue weighted by molar-refractivity contribution is 0.0152. The summed E-state index contributed by atoms with van der Waals surface area (Å²) in [5.41, 5.74) is 0. The zero-order chi connectivity index (χ0) is 10.4. The first-order valence-corrected chi connectivity index (χ1v) is 5.59. The van der Waals surface area contributed by atoms with Crippen molar-refractivity contribution >= 4 is 11.8 Å². The molecule has 0 spiro atoms. The smallest absolute Gasteiger partial charge is 0.165 e. The van der Waals surface area contributed by atoms with Gasteiger partial charge in [-0.2, -0.15) is 0 Å². The fourth-order valence-corrected chi connectivity index (χ4v) is 1.59. The zero-order valence-corrected chi connectivity index (χ0v) is 9.25. The van der Waals surface area contributed by atoms with Crippen molar-refractivity contribution in [1.29, 1.82) is 0 Å². The molecule has 1 aromatic heterocycles. The molecule has 4 nitrogen and oxygen atoms in total. The number of aliphatic hydroxyl groups excluding tert-OH is 1. The van der Waals surface area contributed by atoms with Gasteiger partial charge in [-0.1, -0.05) is 11.8 Å². The van der Waals surface area contributed by atoms with Crippen LogP contribution in [0, 0.1) is 0 Å². The Morgan fingerprint density at radius 1 is 1.64 bits per heavy atom. The van der Waals surface area contributed by atoms with Crippen molar-refractivity contribution < 1.29 is 9.84 Å². The molecule has 1 rings (SSSR count). The molecule has 0 fully saturated rings. The van der Waals surface area contributed by atoms with Crippen LogP contribution in [0.25, 0.3) is 0 Å². The van der Waals surface area contributed by atoms with Gasteiger partial charge in [0.1, 0.15) is 0 Å². The summed E-state index contributed by atoms with van der Waals surface area (Å²) in [6.45, 7) is 4.28. The molecule has 80 valence electrons. The Morgan fingerprint density at radius 2 is 2.43 bits per heavy atom. The largest absolute Gasteiger partial charge is 0.390 e. The van der Waals surface area contributed by atoms with E-state index in [4.69, 9.17) is 4.74 Å². The van der Waals surface area contributed by atoms with Crippen molar-refractivity contribution in [3.05, 3.63) is 12.4 Å². The first-order chi connectivity index (χ1) is 6.68. The predicted octanol–water partition coefficient (Wildman–Crippen LogP) is 1.29. The van der Waals surface area contributed by atoms with Crippen LogP contribution in [-0.2, 0) is 4.74 Å². The number of hydrogen-bond acceptors (Lipinski definition) is 4. The number of hydrogen-bond donors (Lipinski definition) is 2. The summed E-state index contributed by atoms with van der Waals surface area (Å²) in [6, 6.07) is 0. The predicted molar refractivity (Wildman–Crippen MR) is 56.4 cm³/mol. The summed E-state index contributed by atoms with van der Waals surface area (Å²) in [5.74, 6) is 0.597. The summed E-state index contributed by atoms with van der Waals surface area (Å²) >= 11 is 1.49. The molecule has 0 aliphatic heterocycles. The average Bonchev–Trinajstić information content (AvgIpc) is 2.63. The third-order valence-corrected chi connectivity index (χ3v) is 2.56. The molecular weight excluding hydrogens is 200 g/mol. The van der Waals surface area contributed by atoms with Crippen LogP contribution in [0.5, 0.6) is 0 Å². The molecule has 0 bridgehead atoms. The van der Waals surface area contributed by atoms with Crippen LogP contribution in [0.1, 0.15) is 13.8 Å². The van der Waals surface area contributed by atoms with Crippen LogP contribution in [0.15, 0.2) is 17.6 Å². The van der Waals surface area contributed by atoms with E-state index in [-0.39, 0.29) is 6.10 Å². The zero-order valence-electron chi connectivity index (χ0n) is 8.43. The number of aliphatic hydroxyl groups is 1. The van der Waals surface area contributed by atoms with Crippen LogP contribution in [0.3, 0.4) is 0 Å². The molecule has 1 aromatic rings. The highest BCUT2D eigenvalue weighted by Crippen LogP contribution is 2.13. The fourth-order valence-electron chi connectivity index (χ4n) is 0.856. The minimum Gasteiger partial charge on any atom is -0.390 e. The van der Waals surface area contributed by atoms with Gasteiger partial charge in [0.05, 0.1) is 18.8 Å².